The van der Waals surface area contributed by atoms with Crippen LogP contribution in [-0.2, 0) is 33.5 Å². The van der Waals surface area contributed by atoms with Crippen molar-refractivity contribution in [2.75, 3.05) is 19.8 Å². The average molecular weight is 645 g/mol. The number of carbonyl (C=O) groups excluding carboxylic acids is 6. The van der Waals surface area contributed by atoms with Crippen LogP contribution in [0, 0.1) is 0 Å². The fourth-order valence-electron chi connectivity index (χ4n) is 5.29. The number of hydrazone groups is 1. The van der Waals surface area contributed by atoms with Gasteiger partial charge in [-0.25, -0.2) is 20.7 Å². The topological polar surface area (TPSA) is 243 Å². The Morgan fingerprint density at radius 2 is 1.75 bits per heavy atom. The fourth-order valence-corrected chi connectivity index (χ4v) is 5.52. The number of amides is 5. The molecule has 1 unspecified atom stereocenters. The minimum absolute atomic E-state index is 0.0219. The normalized spacial score (nSPS) is 38.0. The second-order valence-corrected chi connectivity index (χ2v) is 12.1. The fraction of sp³-hybridized carbons (Fsp3) is 0.720. The number of nitrogens with one attached hydrogen (secondary N) is 4. The molecule has 0 aromatic carbocycles. The summed E-state index contributed by atoms with van der Waals surface area (Å²) in [6.45, 7) is 2.36. The number of rotatable bonds is 1. The number of alkyl halides is 1. The lowest BCUT2D eigenvalue weighted by Gasteiger charge is -2.45. The molecule has 0 aromatic heterocycles. The highest BCUT2D eigenvalue weighted by Crippen LogP contribution is 2.24. The molecular weight excluding hydrogens is 608 g/mol. The Labute approximate surface area is 257 Å². The van der Waals surface area contributed by atoms with E-state index in [9.17, 15) is 44.1 Å². The van der Waals surface area contributed by atoms with Gasteiger partial charge in [-0.15, -0.1) is 11.6 Å². The second kappa shape index (κ2) is 13.3. The lowest BCUT2D eigenvalue weighted by atomic mass is 9.98. The van der Waals surface area contributed by atoms with Gasteiger partial charge in [0.2, 0.25) is 11.8 Å². The van der Waals surface area contributed by atoms with E-state index in [2.05, 4.69) is 26.6 Å². The molecule has 7 N–H and O–H groups in total. The summed E-state index contributed by atoms with van der Waals surface area (Å²) in [4.78, 5) is 80.5. The summed E-state index contributed by atoms with van der Waals surface area (Å²) in [5.41, 5.74) is 3.68. The van der Waals surface area contributed by atoms with Crippen molar-refractivity contribution in [1.82, 2.24) is 36.5 Å². The average Bonchev–Trinajstić information content (AvgIpc) is 2.99. The highest BCUT2D eigenvalue weighted by atomic mass is 35.5. The van der Waals surface area contributed by atoms with E-state index >= 15 is 0 Å². The molecule has 4 aliphatic heterocycles. The zero-order chi connectivity index (χ0) is 32.5. The van der Waals surface area contributed by atoms with Crippen LogP contribution in [-0.4, -0.2) is 145 Å². The van der Waals surface area contributed by atoms with Crippen LogP contribution >= 0.6 is 11.6 Å². The van der Waals surface area contributed by atoms with E-state index in [1.165, 1.54) is 6.92 Å². The van der Waals surface area contributed by atoms with E-state index in [0.29, 0.717) is 11.4 Å². The first kappa shape index (κ1) is 33.5. The Bertz CT molecular complexity index is 1220. The highest BCUT2D eigenvalue weighted by Gasteiger charge is 2.48. The molecule has 0 radical (unpaired) electrons. The van der Waals surface area contributed by atoms with Gasteiger partial charge in [-0.3, -0.25) is 34.0 Å². The minimum atomic E-state index is -2.07. The van der Waals surface area contributed by atoms with Gasteiger partial charge in [-0.2, -0.15) is 5.10 Å². The number of cyclic esters (lactones) is 1. The molecule has 0 spiro atoms. The van der Waals surface area contributed by atoms with Crippen molar-refractivity contribution < 1.29 is 48.8 Å². The molecule has 0 saturated carbocycles. The number of aliphatic hydroxyl groups is 3. The third kappa shape index (κ3) is 6.64. The summed E-state index contributed by atoms with van der Waals surface area (Å²) in [5, 5.41) is 41.2. The largest absolute Gasteiger partial charge is 0.454 e. The maximum absolute atomic E-state index is 14.0. The molecule has 44 heavy (non-hydrogen) atoms. The van der Waals surface area contributed by atoms with Gasteiger partial charge in [0.15, 0.2) is 18.2 Å². The Morgan fingerprint density at radius 1 is 1.05 bits per heavy atom. The molecular formula is C25H37ClN8O10. The first-order valence-electron chi connectivity index (χ1n) is 14.1. The Kier molecular flexibility index (Phi) is 10.1. The number of carbonyl (C=O) groups is 6. The zero-order valence-electron chi connectivity index (χ0n) is 24.3. The van der Waals surface area contributed by atoms with Crippen LogP contribution in [0.1, 0.15) is 40.0 Å². The monoisotopic (exact) mass is 644 g/mol. The summed E-state index contributed by atoms with van der Waals surface area (Å²) in [5.74, 6) is -5.69. The van der Waals surface area contributed by atoms with Gasteiger partial charge in [-0.1, -0.05) is 0 Å². The van der Waals surface area contributed by atoms with Crippen molar-refractivity contribution in [3.8, 4) is 0 Å². The summed E-state index contributed by atoms with van der Waals surface area (Å²) < 4.78 is 5.06. The van der Waals surface area contributed by atoms with Gasteiger partial charge in [0.1, 0.15) is 30.3 Å². The van der Waals surface area contributed by atoms with Crippen molar-refractivity contribution in [3.63, 3.8) is 0 Å². The van der Waals surface area contributed by atoms with Crippen LogP contribution in [0.2, 0.25) is 0 Å². The maximum Gasteiger partial charge on any atom is 0.334 e. The lowest BCUT2D eigenvalue weighted by Crippen LogP contribution is -2.70. The van der Waals surface area contributed by atoms with Crippen molar-refractivity contribution >= 4 is 53.3 Å². The number of nitrogens with zero attached hydrogens (tertiary/aromatic N) is 4. The molecule has 9 atom stereocenters. The first-order chi connectivity index (χ1) is 20.7. The van der Waals surface area contributed by atoms with Crippen LogP contribution in [0.15, 0.2) is 5.10 Å². The van der Waals surface area contributed by atoms with Crippen molar-refractivity contribution in [2.45, 2.75) is 93.4 Å². The van der Waals surface area contributed by atoms with E-state index < -0.39 is 96.0 Å². The smallest absolute Gasteiger partial charge is 0.334 e. The van der Waals surface area contributed by atoms with Crippen LogP contribution < -0.4 is 21.5 Å². The van der Waals surface area contributed by atoms with E-state index in [1.54, 1.807) is 6.92 Å². The molecule has 0 aromatic rings. The number of hydrogen-bond donors (Lipinski definition) is 7. The zero-order valence-corrected chi connectivity index (χ0v) is 25.1. The van der Waals surface area contributed by atoms with E-state index in [4.69, 9.17) is 16.3 Å². The Balaban J connectivity index is 1.75. The van der Waals surface area contributed by atoms with Gasteiger partial charge in [0.05, 0.1) is 18.2 Å². The Morgan fingerprint density at radius 3 is 2.43 bits per heavy atom. The third-order valence-corrected chi connectivity index (χ3v) is 8.24. The van der Waals surface area contributed by atoms with E-state index in [0.717, 1.165) is 23.2 Å². The first-order valence-corrected chi connectivity index (χ1v) is 14.5. The van der Waals surface area contributed by atoms with Gasteiger partial charge in [0.25, 0.3) is 17.7 Å². The molecule has 0 bridgehead atoms. The number of ether oxygens (including phenoxy) is 1. The predicted molar refractivity (Wildman–Crippen MR) is 149 cm³/mol. The van der Waals surface area contributed by atoms with Crippen molar-refractivity contribution in [3.05, 3.63) is 0 Å². The summed E-state index contributed by atoms with van der Waals surface area (Å²) in [7, 11) is 0. The van der Waals surface area contributed by atoms with Gasteiger partial charge < -0.3 is 30.7 Å². The summed E-state index contributed by atoms with van der Waals surface area (Å²) in [6, 6.07) is -5.87. The van der Waals surface area contributed by atoms with Gasteiger partial charge in [0, 0.05) is 12.6 Å². The molecule has 4 rings (SSSR count). The number of aliphatic hydroxyl groups excluding tert-OH is 3. The minimum Gasteiger partial charge on any atom is -0.454 e. The van der Waals surface area contributed by atoms with Gasteiger partial charge in [-0.05, 0) is 40.0 Å². The second-order valence-electron chi connectivity index (χ2n) is 11.5. The molecule has 3 saturated heterocycles. The predicted octanol–water partition coefficient (Wildman–Crippen LogP) is -4.57. The SMILES string of the molecule is CC1CC[C@H]2C(=O)N[C@@](C)(CO)C(=O)OCC(=O)N3N=C[C@@H](O)[C@@H](O)[C@H]3C(=O)N[C@@H](C)C(=O)N3NC[C@H](Cl)C[C@H]3C(=O)N2N1. The molecule has 5 amide bonds. The van der Waals surface area contributed by atoms with E-state index in [-0.39, 0.29) is 25.4 Å². The summed E-state index contributed by atoms with van der Waals surface area (Å²) >= 11 is 6.36. The number of esters is 1. The molecule has 18 nitrogen and oxygen atoms in total. The maximum atomic E-state index is 14.0. The number of hydrogen-bond acceptors (Lipinski definition) is 13. The van der Waals surface area contributed by atoms with Gasteiger partial charge >= 0.3 is 5.97 Å². The summed E-state index contributed by atoms with van der Waals surface area (Å²) in [6.07, 6.45) is -2.14. The Hall–Kier alpha value is -3.42. The number of fused-ring (bicyclic) bond motifs is 3. The van der Waals surface area contributed by atoms with Crippen molar-refractivity contribution in [1.29, 1.82) is 0 Å². The van der Waals surface area contributed by atoms with Crippen LogP contribution in [0.4, 0.5) is 0 Å². The van der Waals surface area contributed by atoms with Crippen LogP contribution in [0.25, 0.3) is 0 Å². The molecule has 4 heterocycles. The van der Waals surface area contributed by atoms with Crippen LogP contribution in [0.3, 0.4) is 0 Å². The van der Waals surface area contributed by atoms with Crippen molar-refractivity contribution in [2.24, 2.45) is 5.10 Å². The molecule has 4 aliphatic rings. The highest BCUT2D eigenvalue weighted by molar-refractivity contribution is 6.21. The molecule has 0 aliphatic carbocycles. The number of hydrazine groups is 2. The molecule has 3 fully saturated rings. The van der Waals surface area contributed by atoms with E-state index in [1.807, 2.05) is 0 Å². The number of halogens is 1. The third-order valence-electron chi connectivity index (χ3n) is 7.91. The quantitative estimate of drug-likeness (QED) is 0.105. The standard InChI is InChI=1S/C25H37ClN8O10/c1-11-4-5-14-20(39)30-25(3,10-35)24(43)44-9-17(37)34-18(19(38)16(36)8-28-34)21(40)29-12(2)22(41)32-15(6-13(26)7-27-32)23(42)33(14)31-11/h8,11-16,18-19,27,31,35-36,38H,4-7,9-10H2,1-3H3,(H,29,40)(H,30,39)/t11?,12-,13+,14-,15-,16+,18-,19+,25-/m0/s1. The molecule has 19 heteroatoms. The lowest BCUT2D eigenvalue weighted by molar-refractivity contribution is -0.166. The molecule has 244 valence electrons. The van der Waals surface area contributed by atoms with Crippen LogP contribution in [0.5, 0.6) is 0 Å².